The molecular formula is C22H22ClN5O3S. The van der Waals surface area contributed by atoms with Gasteiger partial charge in [0.15, 0.2) is 0 Å². The van der Waals surface area contributed by atoms with Crippen LogP contribution < -0.4 is 5.32 Å². The van der Waals surface area contributed by atoms with E-state index in [0.29, 0.717) is 29.2 Å². The van der Waals surface area contributed by atoms with Crippen molar-refractivity contribution in [2.24, 2.45) is 5.92 Å². The van der Waals surface area contributed by atoms with Gasteiger partial charge in [-0.2, -0.15) is 9.40 Å². The quantitative estimate of drug-likeness (QED) is 0.592. The molecule has 0 saturated carbocycles. The monoisotopic (exact) mass is 471 g/mol. The Labute approximate surface area is 191 Å². The number of carbonyl (C=O) groups excluding carboxylic acids is 1. The van der Waals surface area contributed by atoms with Crippen molar-refractivity contribution in [3.8, 4) is 5.69 Å². The maximum Gasteiger partial charge on any atom is 0.236 e. The Morgan fingerprint density at radius 3 is 2.56 bits per heavy atom. The Morgan fingerprint density at radius 2 is 1.88 bits per heavy atom. The molecule has 32 heavy (non-hydrogen) atoms. The van der Waals surface area contributed by atoms with E-state index in [9.17, 15) is 13.2 Å². The van der Waals surface area contributed by atoms with Gasteiger partial charge in [-0.3, -0.25) is 4.79 Å². The molecule has 3 aromatic rings. The number of aromatic nitrogens is 3. The number of halogens is 1. The number of rotatable bonds is 6. The van der Waals surface area contributed by atoms with Crippen LogP contribution >= 0.6 is 11.6 Å². The average molecular weight is 472 g/mol. The maximum absolute atomic E-state index is 12.9. The van der Waals surface area contributed by atoms with Gasteiger partial charge in [0.2, 0.25) is 15.9 Å². The van der Waals surface area contributed by atoms with Gasteiger partial charge in [-0.05, 0) is 42.7 Å². The van der Waals surface area contributed by atoms with E-state index in [4.69, 9.17) is 11.6 Å². The minimum absolute atomic E-state index is 0.175. The van der Waals surface area contributed by atoms with Crippen LogP contribution in [0.4, 0.5) is 5.69 Å². The van der Waals surface area contributed by atoms with Crippen molar-refractivity contribution in [1.29, 1.82) is 0 Å². The Bertz CT molecular complexity index is 1210. The number of nitrogens with one attached hydrogen (secondary N) is 1. The van der Waals surface area contributed by atoms with Crippen molar-refractivity contribution >= 4 is 39.3 Å². The van der Waals surface area contributed by atoms with Gasteiger partial charge in [0.1, 0.15) is 12.7 Å². The van der Waals surface area contributed by atoms with Crippen molar-refractivity contribution in [3.05, 3.63) is 77.2 Å². The third-order valence-electron chi connectivity index (χ3n) is 5.30. The summed E-state index contributed by atoms with van der Waals surface area (Å²) in [5.74, 6) is -0.479. The highest BCUT2D eigenvalue weighted by Gasteiger charge is 2.30. The summed E-state index contributed by atoms with van der Waals surface area (Å²) in [5.41, 5.74) is 1.98. The SMILES string of the molecule is O=C(Nc1cc(Cl)ccc1-n1cncn1)C1CCN(S(=O)(=O)C=Cc2ccccc2)CC1. The lowest BCUT2D eigenvalue weighted by atomic mass is 9.97. The summed E-state index contributed by atoms with van der Waals surface area (Å²) < 4.78 is 28.3. The molecule has 1 aromatic heterocycles. The highest BCUT2D eigenvalue weighted by atomic mass is 35.5. The number of carbonyl (C=O) groups is 1. The molecule has 0 atom stereocenters. The zero-order valence-electron chi connectivity index (χ0n) is 17.1. The molecule has 1 aliphatic heterocycles. The van der Waals surface area contributed by atoms with Gasteiger partial charge in [-0.1, -0.05) is 41.9 Å². The Kier molecular flexibility index (Phi) is 6.69. The fraction of sp³-hybridized carbons (Fsp3) is 0.227. The molecule has 1 amide bonds. The van der Waals surface area contributed by atoms with Crippen molar-refractivity contribution in [2.45, 2.75) is 12.8 Å². The van der Waals surface area contributed by atoms with Crippen LogP contribution in [0.2, 0.25) is 5.02 Å². The molecule has 0 aliphatic carbocycles. The second-order valence-electron chi connectivity index (χ2n) is 7.42. The summed E-state index contributed by atoms with van der Waals surface area (Å²) in [5, 5.41) is 8.72. The number of anilines is 1. The van der Waals surface area contributed by atoms with E-state index in [-0.39, 0.29) is 24.9 Å². The number of hydrogen-bond donors (Lipinski definition) is 1. The van der Waals surface area contributed by atoms with Gasteiger partial charge in [0.05, 0.1) is 11.4 Å². The van der Waals surface area contributed by atoms with E-state index in [0.717, 1.165) is 5.56 Å². The number of nitrogens with zero attached hydrogens (tertiary/aromatic N) is 4. The van der Waals surface area contributed by atoms with Gasteiger partial charge in [0.25, 0.3) is 0 Å². The smallest absolute Gasteiger partial charge is 0.236 e. The van der Waals surface area contributed by atoms with Crippen LogP contribution in [0.25, 0.3) is 11.8 Å². The summed E-state index contributed by atoms with van der Waals surface area (Å²) in [4.78, 5) is 16.8. The lowest BCUT2D eigenvalue weighted by Crippen LogP contribution is -2.40. The Balaban J connectivity index is 1.39. The molecule has 1 saturated heterocycles. The molecule has 1 N–H and O–H groups in total. The standard InChI is InChI=1S/C22H22ClN5O3S/c23-19-6-7-21(28-16-24-15-25-28)20(14-19)26-22(29)18-8-11-27(12-9-18)32(30,31)13-10-17-4-2-1-3-5-17/h1-7,10,13-16,18H,8-9,11-12H2,(H,26,29). The Hall–Kier alpha value is -3.01. The fourth-order valence-electron chi connectivity index (χ4n) is 3.56. The van der Waals surface area contributed by atoms with E-state index in [1.165, 1.54) is 22.4 Å². The summed E-state index contributed by atoms with van der Waals surface area (Å²) >= 11 is 6.11. The molecule has 2 aromatic carbocycles. The molecular weight excluding hydrogens is 450 g/mol. The maximum atomic E-state index is 12.9. The molecule has 0 unspecified atom stereocenters. The van der Waals surface area contributed by atoms with Gasteiger partial charge in [-0.25, -0.2) is 18.1 Å². The molecule has 166 valence electrons. The van der Waals surface area contributed by atoms with Crippen molar-refractivity contribution in [3.63, 3.8) is 0 Å². The van der Waals surface area contributed by atoms with Crippen LogP contribution in [0.15, 0.2) is 66.6 Å². The van der Waals surface area contributed by atoms with Gasteiger partial charge in [0, 0.05) is 29.4 Å². The fourth-order valence-corrected chi connectivity index (χ4v) is 4.96. The van der Waals surface area contributed by atoms with Crippen LogP contribution in [0.1, 0.15) is 18.4 Å². The zero-order valence-corrected chi connectivity index (χ0v) is 18.7. The summed E-state index contributed by atoms with van der Waals surface area (Å²) in [6, 6.07) is 14.4. The first-order valence-corrected chi connectivity index (χ1v) is 12.0. The van der Waals surface area contributed by atoms with Crippen LogP contribution in [-0.2, 0) is 14.8 Å². The van der Waals surface area contributed by atoms with Gasteiger partial charge in [-0.15, -0.1) is 0 Å². The molecule has 10 heteroatoms. The summed E-state index contributed by atoms with van der Waals surface area (Å²) in [6.45, 7) is 0.566. The first-order valence-electron chi connectivity index (χ1n) is 10.1. The van der Waals surface area contributed by atoms with Crippen LogP contribution in [0.3, 0.4) is 0 Å². The number of piperidine rings is 1. The molecule has 0 spiro atoms. The van der Waals surface area contributed by atoms with E-state index < -0.39 is 10.0 Å². The Morgan fingerprint density at radius 1 is 1.12 bits per heavy atom. The molecule has 0 radical (unpaired) electrons. The number of sulfonamides is 1. The minimum Gasteiger partial charge on any atom is -0.324 e. The predicted octanol–water partition coefficient (Wildman–Crippen LogP) is 3.57. The number of hydrogen-bond acceptors (Lipinski definition) is 5. The normalized spacial score (nSPS) is 15.8. The van der Waals surface area contributed by atoms with Crippen LogP contribution in [-0.4, -0.2) is 46.5 Å². The number of benzene rings is 2. The van der Waals surface area contributed by atoms with E-state index in [2.05, 4.69) is 15.4 Å². The first kappa shape index (κ1) is 22.2. The molecule has 2 heterocycles. The topological polar surface area (TPSA) is 97.2 Å². The predicted molar refractivity (Wildman–Crippen MR) is 124 cm³/mol. The molecule has 1 aliphatic rings. The van der Waals surface area contributed by atoms with E-state index in [1.54, 1.807) is 29.0 Å². The van der Waals surface area contributed by atoms with Gasteiger partial charge >= 0.3 is 0 Å². The molecule has 1 fully saturated rings. The second kappa shape index (κ2) is 9.64. The third kappa shape index (κ3) is 5.24. The minimum atomic E-state index is -3.55. The average Bonchev–Trinajstić information content (AvgIpc) is 3.33. The highest BCUT2D eigenvalue weighted by Crippen LogP contribution is 2.27. The number of amides is 1. The molecule has 4 rings (SSSR count). The highest BCUT2D eigenvalue weighted by molar-refractivity contribution is 7.92. The lowest BCUT2D eigenvalue weighted by molar-refractivity contribution is -0.120. The molecule has 0 bridgehead atoms. The summed E-state index contributed by atoms with van der Waals surface area (Å²) in [6.07, 6.45) is 5.39. The van der Waals surface area contributed by atoms with E-state index >= 15 is 0 Å². The van der Waals surface area contributed by atoms with Gasteiger partial charge < -0.3 is 5.32 Å². The zero-order chi connectivity index (χ0) is 22.6. The van der Waals surface area contributed by atoms with E-state index in [1.807, 2.05) is 30.3 Å². The van der Waals surface area contributed by atoms with Crippen molar-refractivity contribution in [1.82, 2.24) is 19.1 Å². The van der Waals surface area contributed by atoms with Crippen molar-refractivity contribution < 1.29 is 13.2 Å². The third-order valence-corrected chi connectivity index (χ3v) is 7.10. The summed E-state index contributed by atoms with van der Waals surface area (Å²) in [7, 11) is -3.55. The van der Waals surface area contributed by atoms with Crippen LogP contribution in [0.5, 0.6) is 0 Å². The largest absolute Gasteiger partial charge is 0.324 e. The first-order chi connectivity index (χ1) is 15.4. The van der Waals surface area contributed by atoms with Crippen molar-refractivity contribution in [2.75, 3.05) is 18.4 Å². The second-order valence-corrected chi connectivity index (χ2v) is 9.68. The lowest BCUT2D eigenvalue weighted by Gasteiger charge is -2.29. The molecule has 8 nitrogen and oxygen atoms in total. The van der Waals surface area contributed by atoms with Crippen LogP contribution in [0, 0.1) is 5.92 Å².